The fraction of sp³-hybridized carbons (Fsp3) is 0.579. The number of nitrogens with zero attached hydrogens (tertiary/aromatic N) is 2. The van der Waals surface area contributed by atoms with Gasteiger partial charge in [-0.25, -0.2) is 17.9 Å². The maximum atomic E-state index is 12.6. The van der Waals surface area contributed by atoms with Crippen LogP contribution in [0.1, 0.15) is 31.2 Å². The van der Waals surface area contributed by atoms with Crippen LogP contribution in [0.4, 0.5) is 4.79 Å². The van der Waals surface area contributed by atoms with Gasteiger partial charge in [-0.1, -0.05) is 30.3 Å². The normalized spacial score (nSPS) is 17.2. The summed E-state index contributed by atoms with van der Waals surface area (Å²) in [4.78, 5) is 28.1. The first-order chi connectivity index (χ1) is 13.3. The van der Waals surface area contributed by atoms with E-state index in [4.69, 9.17) is 0 Å². The van der Waals surface area contributed by atoms with Gasteiger partial charge in [-0.15, -0.1) is 0 Å². The maximum absolute atomic E-state index is 12.6. The molecule has 1 aromatic rings. The van der Waals surface area contributed by atoms with Gasteiger partial charge in [0.05, 0.1) is 6.26 Å². The van der Waals surface area contributed by atoms with Crippen LogP contribution in [0.3, 0.4) is 0 Å². The lowest BCUT2D eigenvalue weighted by Gasteiger charge is -2.36. The van der Waals surface area contributed by atoms with E-state index in [2.05, 4.69) is 10.0 Å². The zero-order valence-electron chi connectivity index (χ0n) is 16.6. The molecule has 8 nitrogen and oxygen atoms in total. The molecule has 0 saturated carbocycles. The molecule has 0 aliphatic carbocycles. The molecule has 1 unspecified atom stereocenters. The van der Waals surface area contributed by atoms with E-state index >= 15 is 0 Å². The van der Waals surface area contributed by atoms with Crippen molar-refractivity contribution in [3.63, 3.8) is 0 Å². The summed E-state index contributed by atoms with van der Waals surface area (Å²) in [7, 11) is -1.58. The third-order valence-electron chi connectivity index (χ3n) is 4.75. The lowest BCUT2D eigenvalue weighted by atomic mass is 10.0. The molecule has 0 bridgehead atoms. The van der Waals surface area contributed by atoms with E-state index in [9.17, 15) is 18.0 Å². The first kappa shape index (κ1) is 22.2. The van der Waals surface area contributed by atoms with Gasteiger partial charge in [0.1, 0.15) is 0 Å². The van der Waals surface area contributed by atoms with Crippen molar-refractivity contribution in [1.82, 2.24) is 19.8 Å². The summed E-state index contributed by atoms with van der Waals surface area (Å²) in [5.41, 5.74) is 1.03. The molecular weight excluding hydrogens is 380 g/mol. The van der Waals surface area contributed by atoms with E-state index < -0.39 is 10.0 Å². The fourth-order valence-corrected chi connectivity index (χ4v) is 3.77. The second-order valence-electron chi connectivity index (χ2n) is 7.18. The predicted molar refractivity (Wildman–Crippen MR) is 108 cm³/mol. The number of amides is 3. The van der Waals surface area contributed by atoms with Crippen molar-refractivity contribution in [2.24, 2.45) is 0 Å². The highest BCUT2D eigenvalue weighted by atomic mass is 32.2. The monoisotopic (exact) mass is 410 g/mol. The number of nitrogens with one attached hydrogen (secondary N) is 2. The zero-order valence-corrected chi connectivity index (χ0v) is 17.4. The van der Waals surface area contributed by atoms with Crippen molar-refractivity contribution in [1.29, 1.82) is 0 Å². The molecule has 2 rings (SSSR count). The van der Waals surface area contributed by atoms with Crippen LogP contribution in [0.15, 0.2) is 30.3 Å². The Labute approximate surface area is 167 Å². The minimum Gasteiger partial charge on any atom is -0.338 e. The molecule has 0 aromatic heterocycles. The number of hydrogen-bond acceptors (Lipinski definition) is 4. The molecule has 3 amide bonds. The Balaban J connectivity index is 1.77. The average Bonchev–Trinajstić information content (AvgIpc) is 2.66. The van der Waals surface area contributed by atoms with Gasteiger partial charge in [-0.3, -0.25) is 4.79 Å². The molecule has 2 N–H and O–H groups in total. The zero-order chi connectivity index (χ0) is 20.6. The summed E-state index contributed by atoms with van der Waals surface area (Å²) in [6, 6.07) is 9.32. The van der Waals surface area contributed by atoms with Gasteiger partial charge in [0.2, 0.25) is 15.9 Å². The topological polar surface area (TPSA) is 98.8 Å². The van der Waals surface area contributed by atoms with Gasteiger partial charge in [-0.2, -0.15) is 0 Å². The maximum Gasteiger partial charge on any atom is 0.317 e. The molecule has 28 heavy (non-hydrogen) atoms. The molecule has 1 aliphatic heterocycles. The van der Waals surface area contributed by atoms with Crippen LogP contribution < -0.4 is 10.0 Å². The van der Waals surface area contributed by atoms with E-state index in [0.717, 1.165) is 31.1 Å². The van der Waals surface area contributed by atoms with Crippen molar-refractivity contribution >= 4 is 22.0 Å². The second-order valence-corrected chi connectivity index (χ2v) is 9.01. The Morgan fingerprint density at radius 1 is 1.21 bits per heavy atom. The van der Waals surface area contributed by atoms with Crippen LogP contribution in [0.25, 0.3) is 0 Å². The van der Waals surface area contributed by atoms with Gasteiger partial charge in [0, 0.05) is 45.7 Å². The molecule has 1 atom stereocenters. The number of piperidine rings is 1. The average molecular weight is 411 g/mol. The SMILES string of the molecule is CN(Cc1ccccc1)C(=O)NCCC(=O)N1CCCCC1CNS(C)(=O)=O. The quantitative estimate of drug-likeness (QED) is 0.672. The number of rotatable bonds is 8. The molecule has 1 saturated heterocycles. The summed E-state index contributed by atoms with van der Waals surface area (Å²) in [5.74, 6) is -0.0639. The molecule has 0 spiro atoms. The summed E-state index contributed by atoms with van der Waals surface area (Å²) in [6.07, 6.45) is 3.97. The molecule has 156 valence electrons. The third-order valence-corrected chi connectivity index (χ3v) is 5.44. The Hall–Kier alpha value is -2.13. The Kier molecular flexibility index (Phi) is 8.25. The number of carbonyl (C=O) groups is 2. The van der Waals surface area contributed by atoms with Gasteiger partial charge in [-0.05, 0) is 24.8 Å². The lowest BCUT2D eigenvalue weighted by Crippen LogP contribution is -2.50. The largest absolute Gasteiger partial charge is 0.338 e. The summed E-state index contributed by atoms with van der Waals surface area (Å²) < 4.78 is 25.1. The Bertz CT molecular complexity index is 754. The van der Waals surface area contributed by atoms with E-state index in [1.54, 1.807) is 16.8 Å². The van der Waals surface area contributed by atoms with E-state index in [0.29, 0.717) is 13.1 Å². The molecular formula is C19H30N4O4S. The van der Waals surface area contributed by atoms with Crippen molar-refractivity contribution in [3.8, 4) is 0 Å². The predicted octanol–water partition coefficient (Wildman–Crippen LogP) is 1.15. The van der Waals surface area contributed by atoms with Gasteiger partial charge in [0.25, 0.3) is 0 Å². The number of sulfonamides is 1. The minimum absolute atomic E-state index is 0.0639. The first-order valence-electron chi connectivity index (χ1n) is 9.53. The van der Waals surface area contributed by atoms with Crippen LogP contribution in [0.5, 0.6) is 0 Å². The number of hydrogen-bond donors (Lipinski definition) is 2. The fourth-order valence-electron chi connectivity index (χ4n) is 3.27. The van der Waals surface area contributed by atoms with E-state index in [1.807, 2.05) is 30.3 Å². The molecule has 9 heteroatoms. The van der Waals surface area contributed by atoms with Crippen molar-refractivity contribution in [2.75, 3.05) is 32.9 Å². The number of carbonyl (C=O) groups excluding carboxylic acids is 2. The standard InChI is InChI=1S/C19H30N4O4S/c1-22(15-16-8-4-3-5-9-16)19(25)20-12-11-18(24)23-13-7-6-10-17(23)14-21-28(2,26)27/h3-5,8-9,17,21H,6-7,10-15H2,1-2H3,(H,20,25). The number of urea groups is 1. The highest BCUT2D eigenvalue weighted by Crippen LogP contribution is 2.17. The van der Waals surface area contributed by atoms with E-state index in [-0.39, 0.29) is 37.5 Å². The van der Waals surface area contributed by atoms with Crippen molar-refractivity contribution in [3.05, 3.63) is 35.9 Å². The Morgan fingerprint density at radius 3 is 2.61 bits per heavy atom. The molecule has 1 fully saturated rings. The summed E-state index contributed by atoms with van der Waals surface area (Å²) in [5, 5.41) is 2.77. The van der Waals surface area contributed by atoms with Crippen LogP contribution in [-0.4, -0.2) is 69.1 Å². The van der Waals surface area contributed by atoms with Gasteiger partial charge >= 0.3 is 6.03 Å². The first-order valence-corrected chi connectivity index (χ1v) is 11.4. The Morgan fingerprint density at radius 2 is 1.93 bits per heavy atom. The molecule has 0 radical (unpaired) electrons. The smallest absolute Gasteiger partial charge is 0.317 e. The van der Waals surface area contributed by atoms with Crippen LogP contribution in [0, 0.1) is 0 Å². The van der Waals surface area contributed by atoms with Crippen molar-refractivity contribution in [2.45, 2.75) is 38.3 Å². The van der Waals surface area contributed by atoms with Crippen LogP contribution in [-0.2, 0) is 21.4 Å². The van der Waals surface area contributed by atoms with E-state index in [1.165, 1.54) is 0 Å². The number of benzene rings is 1. The summed E-state index contributed by atoms with van der Waals surface area (Å²) in [6.45, 7) is 1.60. The van der Waals surface area contributed by atoms with Gasteiger partial charge < -0.3 is 15.1 Å². The lowest BCUT2D eigenvalue weighted by molar-refractivity contribution is -0.134. The van der Waals surface area contributed by atoms with Gasteiger partial charge in [0.15, 0.2) is 0 Å². The van der Waals surface area contributed by atoms with Crippen molar-refractivity contribution < 1.29 is 18.0 Å². The molecule has 1 aliphatic rings. The number of likely N-dealkylation sites (tertiary alicyclic amines) is 1. The van der Waals surface area contributed by atoms with Crippen LogP contribution in [0.2, 0.25) is 0 Å². The molecule has 1 aromatic carbocycles. The molecule has 1 heterocycles. The highest BCUT2D eigenvalue weighted by Gasteiger charge is 2.27. The summed E-state index contributed by atoms with van der Waals surface area (Å²) >= 11 is 0. The third kappa shape index (κ3) is 7.47. The van der Waals surface area contributed by atoms with Crippen LogP contribution >= 0.6 is 0 Å². The highest BCUT2D eigenvalue weighted by molar-refractivity contribution is 7.88. The second kappa shape index (κ2) is 10.4. The minimum atomic E-state index is -3.29.